The van der Waals surface area contributed by atoms with Crippen LogP contribution in [0.3, 0.4) is 0 Å². The average molecular weight is 251 g/mol. The lowest BCUT2D eigenvalue weighted by Gasteiger charge is -2.24. The van der Waals surface area contributed by atoms with E-state index in [-0.39, 0.29) is 6.61 Å². The van der Waals surface area contributed by atoms with Gasteiger partial charge in [0.2, 0.25) is 0 Å². The second-order valence-corrected chi connectivity index (χ2v) is 5.51. The van der Waals surface area contributed by atoms with Gasteiger partial charge in [0.15, 0.2) is 0 Å². The maximum atomic E-state index is 9.21. The molecule has 2 unspecified atom stereocenters. The maximum Gasteiger partial charge on any atom is 0.133 e. The normalized spacial score (nSPS) is 28.1. The van der Waals surface area contributed by atoms with Crippen molar-refractivity contribution in [2.45, 2.75) is 38.6 Å². The van der Waals surface area contributed by atoms with Crippen LogP contribution < -0.4 is 0 Å². The van der Waals surface area contributed by atoms with Gasteiger partial charge in [-0.05, 0) is 31.1 Å². The number of rotatable bonds is 3. The van der Waals surface area contributed by atoms with Crippen molar-refractivity contribution in [3.8, 4) is 0 Å². The van der Waals surface area contributed by atoms with E-state index in [1.54, 1.807) is 0 Å². The zero-order chi connectivity index (χ0) is 12.4. The van der Waals surface area contributed by atoms with Crippen LogP contribution in [0.25, 0.3) is 0 Å². The summed E-state index contributed by atoms with van der Waals surface area (Å²) >= 11 is 0. The lowest BCUT2D eigenvalue weighted by molar-refractivity contribution is 0.0538. The van der Waals surface area contributed by atoms with Gasteiger partial charge in [-0.2, -0.15) is 0 Å². The Hall–Kier alpha value is -0.940. The van der Waals surface area contributed by atoms with Gasteiger partial charge in [0, 0.05) is 39.2 Å². The minimum Gasteiger partial charge on any atom is -0.396 e. The fourth-order valence-corrected chi connectivity index (χ4v) is 2.99. The van der Waals surface area contributed by atoms with Crippen molar-refractivity contribution in [3.05, 3.63) is 11.6 Å². The minimum atomic E-state index is 0.263. The lowest BCUT2D eigenvalue weighted by atomic mass is 9.96. The van der Waals surface area contributed by atoms with Crippen LogP contribution in [-0.2, 0) is 24.1 Å². The molecule has 1 fully saturated rings. The largest absolute Gasteiger partial charge is 0.396 e. The number of fused-ring (bicyclic) bond motifs is 1. The van der Waals surface area contributed by atoms with E-state index in [9.17, 15) is 5.11 Å². The number of hydrogen-bond donors (Lipinski definition) is 1. The van der Waals surface area contributed by atoms with E-state index in [1.165, 1.54) is 6.42 Å². The van der Waals surface area contributed by atoms with Crippen molar-refractivity contribution < 1.29 is 9.84 Å². The van der Waals surface area contributed by atoms with Crippen molar-refractivity contribution >= 4 is 0 Å². The number of hydrogen-bond acceptors (Lipinski definition) is 4. The van der Waals surface area contributed by atoms with Crippen molar-refractivity contribution in [1.82, 2.24) is 14.8 Å². The molecule has 2 atom stereocenters. The molecular weight excluding hydrogens is 230 g/mol. The van der Waals surface area contributed by atoms with Crippen LogP contribution in [0.1, 0.15) is 30.9 Å². The Kier molecular flexibility index (Phi) is 3.61. The standard InChI is InChI=1S/C13H21N3O2/c17-8-10-3-4-16-12(6-10)14-15-13(16)7-11-2-1-5-18-9-11/h10-11,17H,1-9H2. The zero-order valence-corrected chi connectivity index (χ0v) is 10.7. The lowest BCUT2D eigenvalue weighted by Crippen LogP contribution is -2.25. The molecule has 0 radical (unpaired) electrons. The summed E-state index contributed by atoms with van der Waals surface area (Å²) in [6.07, 6.45) is 5.29. The third kappa shape index (κ3) is 2.42. The van der Waals surface area contributed by atoms with Crippen LogP contribution in [0.5, 0.6) is 0 Å². The molecule has 3 heterocycles. The van der Waals surface area contributed by atoms with E-state index in [0.717, 1.165) is 57.1 Å². The van der Waals surface area contributed by atoms with Crippen LogP contribution in [0.4, 0.5) is 0 Å². The summed E-state index contributed by atoms with van der Waals surface area (Å²) in [5.41, 5.74) is 0. The summed E-state index contributed by atoms with van der Waals surface area (Å²) in [6, 6.07) is 0. The van der Waals surface area contributed by atoms with E-state index in [0.29, 0.717) is 11.8 Å². The summed E-state index contributed by atoms with van der Waals surface area (Å²) in [5, 5.41) is 17.8. The molecule has 18 heavy (non-hydrogen) atoms. The number of nitrogens with zero attached hydrogens (tertiary/aromatic N) is 3. The van der Waals surface area contributed by atoms with Crippen molar-refractivity contribution in [3.63, 3.8) is 0 Å². The number of aliphatic hydroxyl groups is 1. The third-order valence-corrected chi connectivity index (χ3v) is 4.12. The zero-order valence-electron chi connectivity index (χ0n) is 10.7. The van der Waals surface area contributed by atoms with Gasteiger partial charge in [-0.15, -0.1) is 10.2 Å². The van der Waals surface area contributed by atoms with Crippen LogP contribution in [0.2, 0.25) is 0 Å². The van der Waals surface area contributed by atoms with E-state index in [4.69, 9.17) is 4.74 Å². The van der Waals surface area contributed by atoms with Crippen LogP contribution >= 0.6 is 0 Å². The van der Waals surface area contributed by atoms with Gasteiger partial charge in [0.25, 0.3) is 0 Å². The molecule has 3 rings (SSSR count). The highest BCUT2D eigenvalue weighted by Crippen LogP contribution is 2.23. The first kappa shape index (κ1) is 12.1. The molecule has 0 aliphatic carbocycles. The second-order valence-electron chi connectivity index (χ2n) is 5.51. The molecule has 0 amide bonds. The first-order chi connectivity index (χ1) is 8.86. The first-order valence-electron chi connectivity index (χ1n) is 6.96. The number of aromatic nitrogens is 3. The highest BCUT2D eigenvalue weighted by Gasteiger charge is 2.24. The third-order valence-electron chi connectivity index (χ3n) is 4.12. The smallest absolute Gasteiger partial charge is 0.133 e. The predicted octanol–water partition coefficient (Wildman–Crippen LogP) is 0.802. The molecule has 1 saturated heterocycles. The van der Waals surface area contributed by atoms with Gasteiger partial charge in [-0.25, -0.2) is 0 Å². The number of aliphatic hydroxyl groups excluding tert-OH is 1. The van der Waals surface area contributed by atoms with Gasteiger partial charge in [-0.3, -0.25) is 0 Å². The molecule has 0 spiro atoms. The SMILES string of the molecule is OCC1CCn2c(nnc2CC2CCCOC2)C1. The molecule has 1 N–H and O–H groups in total. The maximum absolute atomic E-state index is 9.21. The van der Waals surface area contributed by atoms with E-state index in [2.05, 4.69) is 14.8 Å². The van der Waals surface area contributed by atoms with Gasteiger partial charge in [0.05, 0.1) is 0 Å². The molecular formula is C13H21N3O2. The van der Waals surface area contributed by atoms with E-state index in [1.807, 2.05) is 0 Å². The summed E-state index contributed by atoms with van der Waals surface area (Å²) < 4.78 is 7.77. The Balaban J connectivity index is 1.68. The molecule has 0 bridgehead atoms. The highest BCUT2D eigenvalue weighted by molar-refractivity contribution is 5.01. The summed E-state index contributed by atoms with van der Waals surface area (Å²) in [7, 11) is 0. The topological polar surface area (TPSA) is 60.2 Å². The van der Waals surface area contributed by atoms with Gasteiger partial charge in [0.1, 0.15) is 11.6 Å². The van der Waals surface area contributed by atoms with Crippen molar-refractivity contribution in [2.75, 3.05) is 19.8 Å². The molecule has 5 heteroatoms. The Morgan fingerprint density at radius 1 is 1.28 bits per heavy atom. The van der Waals surface area contributed by atoms with Gasteiger partial charge >= 0.3 is 0 Å². The van der Waals surface area contributed by atoms with Crippen LogP contribution in [-0.4, -0.2) is 39.7 Å². The minimum absolute atomic E-state index is 0.263. The van der Waals surface area contributed by atoms with Gasteiger partial charge < -0.3 is 14.4 Å². The fourth-order valence-electron chi connectivity index (χ4n) is 2.99. The second kappa shape index (κ2) is 5.36. The Labute approximate surface area is 107 Å². The molecule has 5 nitrogen and oxygen atoms in total. The van der Waals surface area contributed by atoms with E-state index < -0.39 is 0 Å². The molecule has 2 aliphatic rings. The molecule has 1 aromatic rings. The molecule has 0 saturated carbocycles. The molecule has 100 valence electrons. The predicted molar refractivity (Wildman–Crippen MR) is 66.2 cm³/mol. The Morgan fingerprint density at radius 3 is 3.00 bits per heavy atom. The number of ether oxygens (including phenoxy) is 1. The Bertz CT molecular complexity index is 399. The Morgan fingerprint density at radius 2 is 2.22 bits per heavy atom. The molecule has 0 aromatic carbocycles. The molecule has 1 aromatic heterocycles. The summed E-state index contributed by atoms with van der Waals surface area (Å²) in [4.78, 5) is 0. The van der Waals surface area contributed by atoms with E-state index >= 15 is 0 Å². The van der Waals surface area contributed by atoms with Crippen molar-refractivity contribution in [1.29, 1.82) is 0 Å². The van der Waals surface area contributed by atoms with Crippen molar-refractivity contribution in [2.24, 2.45) is 11.8 Å². The fraction of sp³-hybridized carbons (Fsp3) is 0.846. The summed E-state index contributed by atoms with van der Waals surface area (Å²) in [5.74, 6) is 3.12. The van der Waals surface area contributed by atoms with Crippen LogP contribution in [0.15, 0.2) is 0 Å². The summed E-state index contributed by atoms with van der Waals surface area (Å²) in [6.45, 7) is 2.99. The average Bonchev–Trinajstić information content (AvgIpc) is 2.82. The monoisotopic (exact) mass is 251 g/mol. The first-order valence-corrected chi connectivity index (χ1v) is 6.96. The molecule has 2 aliphatic heterocycles. The quantitative estimate of drug-likeness (QED) is 0.863. The van der Waals surface area contributed by atoms with Gasteiger partial charge in [-0.1, -0.05) is 0 Å². The highest BCUT2D eigenvalue weighted by atomic mass is 16.5. The van der Waals surface area contributed by atoms with Crippen LogP contribution in [0, 0.1) is 11.8 Å².